The van der Waals surface area contributed by atoms with Crippen molar-refractivity contribution in [2.45, 2.75) is 6.54 Å². The predicted molar refractivity (Wildman–Crippen MR) is 140 cm³/mol. The maximum Gasteiger partial charge on any atom is 0.252 e. The van der Waals surface area contributed by atoms with Crippen LogP contribution < -0.4 is 20.1 Å². The van der Waals surface area contributed by atoms with Gasteiger partial charge in [-0.1, -0.05) is 48.5 Å². The average molecular weight is 471 g/mol. The summed E-state index contributed by atoms with van der Waals surface area (Å²) in [6.45, 7) is 2.10. The summed E-state index contributed by atoms with van der Waals surface area (Å²) in [4.78, 5) is 20.1. The number of carbonyl (C=O) groups excluding carboxylic acids is 1. The quantitative estimate of drug-likeness (QED) is 0.345. The Hall–Kier alpha value is -4.10. The third-order valence-electron chi connectivity index (χ3n) is 5.71. The van der Waals surface area contributed by atoms with Gasteiger partial charge in [-0.3, -0.25) is 4.79 Å². The second-order valence-electron chi connectivity index (χ2n) is 8.24. The summed E-state index contributed by atoms with van der Waals surface area (Å²) >= 11 is 0. The molecule has 2 N–H and O–H groups in total. The zero-order valence-corrected chi connectivity index (χ0v) is 20.2. The van der Waals surface area contributed by atoms with Crippen molar-refractivity contribution in [3.8, 4) is 11.5 Å². The number of methoxy groups -OCH3 is 2. The Morgan fingerprint density at radius 1 is 0.943 bits per heavy atom. The smallest absolute Gasteiger partial charge is 0.252 e. The first-order valence-electron chi connectivity index (χ1n) is 11.5. The van der Waals surface area contributed by atoms with Crippen LogP contribution in [0.15, 0.2) is 78.9 Å². The van der Waals surface area contributed by atoms with Crippen molar-refractivity contribution in [1.82, 2.24) is 15.2 Å². The van der Waals surface area contributed by atoms with Gasteiger partial charge in [-0.05, 0) is 36.9 Å². The topological polar surface area (TPSA) is 75.7 Å². The maximum atomic E-state index is 13.2. The largest absolute Gasteiger partial charge is 0.497 e. The third-order valence-corrected chi connectivity index (χ3v) is 5.71. The highest BCUT2D eigenvalue weighted by Gasteiger charge is 2.14. The van der Waals surface area contributed by atoms with Crippen LogP contribution in [0.4, 0.5) is 11.5 Å². The summed E-state index contributed by atoms with van der Waals surface area (Å²) in [6.07, 6.45) is 0. The molecule has 180 valence electrons. The Labute approximate surface area is 205 Å². The van der Waals surface area contributed by atoms with E-state index in [1.807, 2.05) is 61.6 Å². The lowest BCUT2D eigenvalue weighted by atomic mass is 10.1. The van der Waals surface area contributed by atoms with Crippen LogP contribution in [0.3, 0.4) is 0 Å². The lowest BCUT2D eigenvalue weighted by Crippen LogP contribution is -2.33. The maximum absolute atomic E-state index is 13.2. The summed E-state index contributed by atoms with van der Waals surface area (Å²) in [5.74, 6) is 1.72. The number of pyridine rings is 1. The molecule has 0 fully saturated rings. The number of benzene rings is 3. The molecule has 0 aliphatic carbocycles. The van der Waals surface area contributed by atoms with Crippen LogP contribution in [-0.4, -0.2) is 50.1 Å². The number of hydrogen-bond donors (Lipinski definition) is 2. The number of aromatic nitrogens is 1. The van der Waals surface area contributed by atoms with Gasteiger partial charge in [0.15, 0.2) is 0 Å². The SMILES string of the molecule is COc1ccc(Nc2cc(C(=O)NCCN(C)Cc3ccccc3)c3ccccc3n2)c(OC)c1. The molecule has 0 saturated heterocycles. The van der Waals surface area contributed by atoms with Crippen LogP contribution in [0.1, 0.15) is 15.9 Å². The van der Waals surface area contributed by atoms with E-state index in [1.165, 1.54) is 5.56 Å². The van der Waals surface area contributed by atoms with Gasteiger partial charge in [0.25, 0.3) is 5.91 Å². The molecular weight excluding hydrogens is 440 g/mol. The fourth-order valence-corrected chi connectivity index (χ4v) is 3.90. The van der Waals surface area contributed by atoms with Crippen LogP contribution in [0.5, 0.6) is 11.5 Å². The minimum absolute atomic E-state index is 0.138. The van der Waals surface area contributed by atoms with Gasteiger partial charge >= 0.3 is 0 Å². The van der Waals surface area contributed by atoms with Crippen LogP contribution in [0.25, 0.3) is 10.9 Å². The van der Waals surface area contributed by atoms with Crippen molar-refractivity contribution in [2.24, 2.45) is 0 Å². The van der Waals surface area contributed by atoms with E-state index in [0.717, 1.165) is 29.7 Å². The van der Waals surface area contributed by atoms with Gasteiger partial charge in [-0.15, -0.1) is 0 Å². The van der Waals surface area contributed by atoms with Crippen molar-refractivity contribution >= 4 is 28.3 Å². The van der Waals surface area contributed by atoms with E-state index < -0.39 is 0 Å². The van der Waals surface area contributed by atoms with Gasteiger partial charge in [0.1, 0.15) is 17.3 Å². The van der Waals surface area contributed by atoms with Crippen LogP contribution in [-0.2, 0) is 6.54 Å². The molecule has 0 aliphatic heterocycles. The van der Waals surface area contributed by atoms with E-state index in [2.05, 4.69) is 27.7 Å². The van der Waals surface area contributed by atoms with Crippen molar-refractivity contribution in [3.63, 3.8) is 0 Å². The molecule has 0 unspecified atom stereocenters. The van der Waals surface area contributed by atoms with Crippen molar-refractivity contribution in [1.29, 1.82) is 0 Å². The van der Waals surface area contributed by atoms with Gasteiger partial charge in [0.2, 0.25) is 0 Å². The average Bonchev–Trinajstić information content (AvgIpc) is 2.89. The van der Waals surface area contributed by atoms with E-state index in [-0.39, 0.29) is 5.91 Å². The van der Waals surface area contributed by atoms with Gasteiger partial charge in [0.05, 0.1) is 31.0 Å². The first-order chi connectivity index (χ1) is 17.1. The summed E-state index contributed by atoms with van der Waals surface area (Å²) in [6, 6.07) is 25.2. The Morgan fingerprint density at radius 2 is 1.71 bits per heavy atom. The molecular formula is C28H30N4O3. The number of nitrogens with zero attached hydrogens (tertiary/aromatic N) is 2. The molecule has 7 heteroatoms. The molecule has 0 spiro atoms. The van der Waals surface area contributed by atoms with E-state index in [1.54, 1.807) is 26.4 Å². The minimum Gasteiger partial charge on any atom is -0.497 e. The number of anilines is 2. The molecule has 0 saturated carbocycles. The third kappa shape index (κ3) is 6.07. The minimum atomic E-state index is -0.138. The van der Waals surface area contributed by atoms with E-state index in [0.29, 0.717) is 29.4 Å². The Kier molecular flexibility index (Phi) is 7.80. The summed E-state index contributed by atoms with van der Waals surface area (Å²) in [5, 5.41) is 7.14. The van der Waals surface area contributed by atoms with Gasteiger partial charge < -0.3 is 25.0 Å². The van der Waals surface area contributed by atoms with Gasteiger partial charge in [0, 0.05) is 31.1 Å². The van der Waals surface area contributed by atoms with Crippen LogP contribution in [0.2, 0.25) is 0 Å². The fourth-order valence-electron chi connectivity index (χ4n) is 3.90. The van der Waals surface area contributed by atoms with Crippen LogP contribution >= 0.6 is 0 Å². The molecule has 1 amide bonds. The number of amides is 1. The molecule has 0 aliphatic rings. The molecule has 35 heavy (non-hydrogen) atoms. The normalized spacial score (nSPS) is 10.9. The first-order valence-corrected chi connectivity index (χ1v) is 11.5. The highest BCUT2D eigenvalue weighted by Crippen LogP contribution is 2.32. The van der Waals surface area contributed by atoms with Crippen molar-refractivity contribution in [2.75, 3.05) is 39.7 Å². The summed E-state index contributed by atoms with van der Waals surface area (Å²) in [5.41, 5.74) is 3.27. The van der Waals surface area contributed by atoms with E-state index in [9.17, 15) is 4.79 Å². The summed E-state index contributed by atoms with van der Waals surface area (Å²) in [7, 11) is 5.25. The Bertz CT molecular complexity index is 1290. The van der Waals surface area contributed by atoms with Crippen LogP contribution in [0, 0.1) is 0 Å². The lowest BCUT2D eigenvalue weighted by molar-refractivity contribution is 0.0951. The highest BCUT2D eigenvalue weighted by molar-refractivity contribution is 6.07. The second kappa shape index (κ2) is 11.4. The number of likely N-dealkylation sites (N-methyl/N-ethyl adjacent to an activating group) is 1. The number of rotatable bonds is 10. The molecule has 0 radical (unpaired) electrons. The lowest BCUT2D eigenvalue weighted by Gasteiger charge is -2.17. The molecule has 1 heterocycles. The molecule has 7 nitrogen and oxygen atoms in total. The highest BCUT2D eigenvalue weighted by atomic mass is 16.5. The first kappa shape index (κ1) is 24.0. The number of fused-ring (bicyclic) bond motifs is 1. The Balaban J connectivity index is 1.49. The molecule has 4 rings (SSSR count). The summed E-state index contributed by atoms with van der Waals surface area (Å²) < 4.78 is 10.8. The van der Waals surface area contributed by atoms with Gasteiger partial charge in [-0.2, -0.15) is 0 Å². The molecule has 3 aromatic carbocycles. The molecule has 0 atom stereocenters. The number of hydrogen-bond acceptors (Lipinski definition) is 6. The predicted octanol–water partition coefficient (Wildman–Crippen LogP) is 4.86. The fraction of sp³-hybridized carbons (Fsp3) is 0.214. The van der Waals surface area contributed by atoms with Crippen molar-refractivity contribution in [3.05, 3.63) is 90.0 Å². The van der Waals surface area contributed by atoms with E-state index >= 15 is 0 Å². The number of nitrogens with one attached hydrogen (secondary N) is 2. The molecule has 4 aromatic rings. The zero-order chi connectivity index (χ0) is 24.6. The molecule has 0 bridgehead atoms. The zero-order valence-electron chi connectivity index (χ0n) is 20.2. The molecule has 1 aromatic heterocycles. The van der Waals surface area contributed by atoms with Gasteiger partial charge in [-0.25, -0.2) is 4.98 Å². The number of para-hydroxylation sites is 1. The number of ether oxygens (including phenoxy) is 2. The standard InChI is InChI=1S/C28H30N4O3/c1-32(19-20-9-5-4-6-10-20)16-15-29-28(33)23-18-27(30-24-12-8-7-11-22(23)24)31-25-14-13-21(34-2)17-26(25)35-3/h4-14,17-18H,15-16,19H2,1-3H3,(H,29,33)(H,30,31). The monoisotopic (exact) mass is 470 g/mol. The van der Waals surface area contributed by atoms with E-state index in [4.69, 9.17) is 14.5 Å². The number of carbonyl (C=O) groups is 1. The second-order valence-corrected chi connectivity index (χ2v) is 8.24. The van der Waals surface area contributed by atoms with Crippen molar-refractivity contribution < 1.29 is 14.3 Å². The Morgan fingerprint density at radius 3 is 2.49 bits per heavy atom.